The Balaban J connectivity index is 1.72. The number of rotatable bonds is 10. The number of Topliss-reactive ketones (excluding diaryl/α,β-unsaturated/α-hetero) is 1. The molecule has 2 aromatic rings. The largest absolute Gasteiger partial charge is 0.395 e. The maximum absolute atomic E-state index is 14.0. The number of nitrogens with one attached hydrogen (secondary N) is 3. The number of benzene rings is 1. The third-order valence-corrected chi connectivity index (χ3v) is 7.34. The van der Waals surface area contributed by atoms with Gasteiger partial charge in [0, 0.05) is 36.3 Å². The highest BCUT2D eigenvalue weighted by atomic mass is 16.3. The predicted molar refractivity (Wildman–Crippen MR) is 157 cm³/mol. The molecule has 10 nitrogen and oxygen atoms in total. The number of hydrogen-bond donors (Lipinski definition) is 4. The van der Waals surface area contributed by atoms with Crippen LogP contribution in [0.5, 0.6) is 0 Å². The van der Waals surface area contributed by atoms with Gasteiger partial charge < -0.3 is 26.0 Å². The first-order chi connectivity index (χ1) is 19.7. The molecular formula is C31H34N6O4. The molecule has 1 fully saturated rings. The maximum Gasteiger partial charge on any atom is 0.321 e. The average molecular weight is 555 g/mol. The van der Waals surface area contributed by atoms with E-state index in [1.807, 2.05) is 6.07 Å². The summed E-state index contributed by atoms with van der Waals surface area (Å²) in [5, 5.41) is 18.4. The fraction of sp³-hybridized carbons (Fsp3) is 0.323. The van der Waals surface area contributed by atoms with E-state index in [-0.39, 0.29) is 24.9 Å². The van der Waals surface area contributed by atoms with Crippen LogP contribution in [0.2, 0.25) is 0 Å². The molecule has 1 aliphatic heterocycles. The summed E-state index contributed by atoms with van der Waals surface area (Å²) in [7, 11) is 1.70. The van der Waals surface area contributed by atoms with Crippen molar-refractivity contribution in [1.29, 1.82) is 0 Å². The quantitative estimate of drug-likeness (QED) is 0.263. The number of carbonyl (C=O) groups excluding carboxylic acids is 3. The number of pyridine rings is 1. The molecule has 10 heteroatoms. The number of aliphatic hydroxyl groups is 1. The third kappa shape index (κ3) is 6.53. The van der Waals surface area contributed by atoms with Crippen LogP contribution in [0.4, 0.5) is 10.5 Å². The lowest BCUT2D eigenvalue weighted by molar-refractivity contribution is -0.131. The van der Waals surface area contributed by atoms with E-state index in [1.54, 1.807) is 69.6 Å². The number of terminal acetylenes is 1. The van der Waals surface area contributed by atoms with E-state index in [9.17, 15) is 19.5 Å². The van der Waals surface area contributed by atoms with Crippen LogP contribution in [0.15, 0.2) is 77.2 Å². The molecule has 1 unspecified atom stereocenters. The number of allylic oxidation sites excluding steroid dienone is 3. The van der Waals surface area contributed by atoms with Gasteiger partial charge in [0.2, 0.25) is 6.17 Å². The Kier molecular flexibility index (Phi) is 9.00. The Morgan fingerprint density at radius 2 is 1.95 bits per heavy atom. The second kappa shape index (κ2) is 12.6. The van der Waals surface area contributed by atoms with Crippen LogP contribution in [0, 0.1) is 23.7 Å². The van der Waals surface area contributed by atoms with Crippen molar-refractivity contribution >= 4 is 29.1 Å². The van der Waals surface area contributed by atoms with Crippen LogP contribution in [0.25, 0.3) is 0 Å². The first-order valence-electron chi connectivity index (χ1n) is 13.4. The van der Waals surface area contributed by atoms with Gasteiger partial charge in [0.25, 0.3) is 5.91 Å². The first-order valence-corrected chi connectivity index (χ1v) is 13.4. The molecule has 0 bridgehead atoms. The molecule has 1 aromatic carbocycles. The molecule has 2 heterocycles. The molecule has 0 saturated heterocycles. The van der Waals surface area contributed by atoms with Crippen LogP contribution < -0.4 is 20.9 Å². The summed E-state index contributed by atoms with van der Waals surface area (Å²) < 4.78 is 0. The monoisotopic (exact) mass is 554 g/mol. The molecular weight excluding hydrogens is 520 g/mol. The number of aliphatic imine (C=N–C) groups is 1. The number of para-hydroxylation sites is 1. The lowest BCUT2D eigenvalue weighted by Crippen LogP contribution is -2.52. The van der Waals surface area contributed by atoms with E-state index in [4.69, 9.17) is 6.42 Å². The van der Waals surface area contributed by atoms with Gasteiger partial charge in [0.1, 0.15) is 0 Å². The number of urea groups is 1. The first kappa shape index (κ1) is 29.2. The number of carbonyl (C=O) groups is 3. The van der Waals surface area contributed by atoms with Crippen LogP contribution in [0.3, 0.4) is 0 Å². The summed E-state index contributed by atoms with van der Waals surface area (Å²) in [6.45, 7) is 2.82. The highest BCUT2D eigenvalue weighted by Gasteiger charge is 2.47. The van der Waals surface area contributed by atoms with Crippen molar-refractivity contribution in [3.05, 3.63) is 83.5 Å². The number of fused-ring (bicyclic) bond motifs is 1. The summed E-state index contributed by atoms with van der Waals surface area (Å²) in [5.74, 6) is 1.64. The number of aromatic nitrogens is 1. The van der Waals surface area contributed by atoms with Gasteiger partial charge in [-0.1, -0.05) is 37.1 Å². The summed E-state index contributed by atoms with van der Waals surface area (Å²) in [5.41, 5.74) is 2.05. The number of hydrogen-bond acceptors (Lipinski definition) is 7. The zero-order chi connectivity index (χ0) is 29.6. The van der Waals surface area contributed by atoms with Gasteiger partial charge in [-0.05, 0) is 50.0 Å². The van der Waals surface area contributed by atoms with Gasteiger partial charge in [-0.25, -0.2) is 9.79 Å². The van der Waals surface area contributed by atoms with Crippen molar-refractivity contribution in [2.75, 3.05) is 25.1 Å². The minimum absolute atomic E-state index is 0.0677. The molecule has 4 N–H and O–H groups in total. The number of nitrogens with zero attached hydrogens (tertiary/aromatic N) is 3. The minimum atomic E-state index is -1.37. The van der Waals surface area contributed by atoms with Crippen LogP contribution >= 0.6 is 0 Å². The zero-order valence-electron chi connectivity index (χ0n) is 23.3. The highest BCUT2D eigenvalue weighted by Crippen LogP contribution is 2.46. The molecule has 4 rings (SSSR count). The molecule has 3 amide bonds. The Morgan fingerprint density at radius 1 is 1.22 bits per heavy atom. The molecule has 1 saturated carbocycles. The molecule has 1 aromatic heterocycles. The van der Waals surface area contributed by atoms with Crippen molar-refractivity contribution in [2.45, 2.75) is 32.9 Å². The van der Waals surface area contributed by atoms with Gasteiger partial charge in [-0.3, -0.25) is 14.6 Å². The lowest BCUT2D eigenvalue weighted by atomic mass is 9.81. The van der Waals surface area contributed by atoms with Crippen LogP contribution in [0.1, 0.15) is 37.9 Å². The number of benzodiazepines with no additional fused rings is 1. The van der Waals surface area contributed by atoms with Gasteiger partial charge in [0.05, 0.1) is 35.7 Å². The van der Waals surface area contributed by atoms with E-state index < -0.39 is 23.5 Å². The SMILES string of the molecule is C#C/C=C(\C=C(/C)NC(=O)N[C@@H]1N=C(c2ccccn2)c2ccccc2N(CC(=O)C(C)(CO)C2CC2)C1=O)NC. The fourth-order valence-corrected chi connectivity index (χ4v) is 4.77. The Hall–Kier alpha value is -4.75. The molecule has 1 aliphatic carbocycles. The standard InChI is InChI=1S/C31H34N6O4/c1-5-10-22(32-4)17-20(2)34-30(41)36-28-29(40)37(18-26(39)31(3,19-38)21-14-15-21)25-13-7-6-11-23(25)27(35-28)24-12-8-9-16-33-24/h1,6-13,16-17,21,28,32,38H,14-15,18-19H2,2-4H3,(H2,34,36,41)/b20-17+,22-10+/t28-,31?/m0/s1. The molecule has 2 aliphatic rings. The third-order valence-electron chi connectivity index (χ3n) is 7.34. The van der Waals surface area contributed by atoms with Gasteiger partial charge in [-0.2, -0.15) is 0 Å². The Bertz CT molecular complexity index is 1450. The summed E-state index contributed by atoms with van der Waals surface area (Å²) in [6, 6.07) is 11.8. The van der Waals surface area contributed by atoms with E-state index in [2.05, 4.69) is 31.8 Å². The number of aliphatic hydroxyl groups excluding tert-OH is 1. The minimum Gasteiger partial charge on any atom is -0.395 e. The van der Waals surface area contributed by atoms with E-state index in [0.717, 1.165) is 12.8 Å². The van der Waals surface area contributed by atoms with Gasteiger partial charge in [0.15, 0.2) is 5.78 Å². The molecule has 212 valence electrons. The summed E-state index contributed by atoms with van der Waals surface area (Å²) in [6.07, 6.45) is 10.4. The van der Waals surface area contributed by atoms with Crippen molar-refractivity contribution in [3.8, 4) is 12.3 Å². The van der Waals surface area contributed by atoms with Crippen molar-refractivity contribution < 1.29 is 19.5 Å². The fourth-order valence-electron chi connectivity index (χ4n) is 4.77. The average Bonchev–Trinajstić information content (AvgIpc) is 3.84. The summed E-state index contributed by atoms with van der Waals surface area (Å²) in [4.78, 5) is 51.1. The number of amides is 3. The second-order valence-corrected chi connectivity index (χ2v) is 10.3. The summed E-state index contributed by atoms with van der Waals surface area (Å²) >= 11 is 0. The van der Waals surface area contributed by atoms with E-state index in [1.165, 1.54) is 11.0 Å². The molecule has 2 atom stereocenters. The molecule has 0 spiro atoms. The van der Waals surface area contributed by atoms with E-state index in [0.29, 0.717) is 34.1 Å². The maximum atomic E-state index is 14.0. The lowest BCUT2D eigenvalue weighted by Gasteiger charge is -2.31. The smallest absolute Gasteiger partial charge is 0.321 e. The number of anilines is 1. The Morgan fingerprint density at radius 3 is 2.59 bits per heavy atom. The number of ketones is 1. The van der Waals surface area contributed by atoms with Crippen LogP contribution in [-0.2, 0) is 9.59 Å². The highest BCUT2D eigenvalue weighted by molar-refractivity contribution is 6.20. The predicted octanol–water partition coefficient (Wildman–Crippen LogP) is 2.51. The zero-order valence-corrected chi connectivity index (χ0v) is 23.3. The van der Waals surface area contributed by atoms with Crippen molar-refractivity contribution in [3.63, 3.8) is 0 Å². The van der Waals surface area contributed by atoms with Gasteiger partial charge in [-0.15, -0.1) is 6.42 Å². The normalized spacial score (nSPS) is 18.7. The topological polar surface area (TPSA) is 136 Å². The Labute approximate surface area is 239 Å². The van der Waals surface area contributed by atoms with E-state index >= 15 is 0 Å². The second-order valence-electron chi connectivity index (χ2n) is 10.3. The molecule has 41 heavy (non-hydrogen) atoms. The van der Waals surface area contributed by atoms with Crippen molar-refractivity contribution in [1.82, 2.24) is 20.9 Å². The molecule has 0 radical (unpaired) electrons. The number of likely N-dealkylation sites (N-methyl/N-ethyl adjacent to an activating group) is 1. The van der Waals surface area contributed by atoms with Crippen molar-refractivity contribution in [2.24, 2.45) is 16.3 Å². The van der Waals surface area contributed by atoms with Crippen LogP contribution in [-0.4, -0.2) is 59.9 Å². The van der Waals surface area contributed by atoms with Gasteiger partial charge >= 0.3 is 6.03 Å².